The zero-order valence-corrected chi connectivity index (χ0v) is 25.8. The van der Waals surface area contributed by atoms with E-state index in [1.807, 2.05) is 0 Å². The van der Waals surface area contributed by atoms with Gasteiger partial charge in [0.1, 0.15) is 11.2 Å². The third kappa shape index (κ3) is 3.12. The van der Waals surface area contributed by atoms with E-state index in [4.69, 9.17) is 4.42 Å². The Morgan fingerprint density at radius 2 is 1.39 bits per heavy atom. The van der Waals surface area contributed by atoms with Crippen molar-refractivity contribution in [3.05, 3.63) is 115 Å². The molecular formula is C38H25BN2OS2. The molecular weight excluding hydrogens is 575 g/mol. The van der Waals surface area contributed by atoms with E-state index >= 15 is 0 Å². The number of rotatable bonds is 3. The van der Waals surface area contributed by atoms with Gasteiger partial charge in [-0.1, -0.05) is 54.6 Å². The maximum atomic E-state index is 6.67. The van der Waals surface area contributed by atoms with Gasteiger partial charge >= 0.3 is 6.85 Å². The van der Waals surface area contributed by atoms with Crippen molar-refractivity contribution in [1.29, 1.82) is 0 Å². The second kappa shape index (κ2) is 9.01. The van der Waals surface area contributed by atoms with Crippen molar-refractivity contribution in [3.8, 4) is 11.1 Å². The number of para-hydroxylation sites is 3. The van der Waals surface area contributed by atoms with Crippen molar-refractivity contribution in [3.63, 3.8) is 0 Å². The van der Waals surface area contributed by atoms with Gasteiger partial charge in [-0.3, -0.25) is 0 Å². The van der Waals surface area contributed by atoms with Crippen LogP contribution in [0, 0.1) is 0 Å². The Hall–Kier alpha value is -4.52. The number of hydrogen-bond acceptors (Lipinski definition) is 4. The molecule has 0 atom stereocenters. The van der Waals surface area contributed by atoms with Gasteiger partial charge in [-0.2, -0.15) is 0 Å². The third-order valence-electron chi connectivity index (χ3n) is 9.56. The van der Waals surface area contributed by atoms with Crippen LogP contribution in [-0.4, -0.2) is 23.8 Å². The monoisotopic (exact) mass is 600 g/mol. The van der Waals surface area contributed by atoms with Crippen LogP contribution in [0.5, 0.6) is 0 Å². The third-order valence-corrected chi connectivity index (χ3v) is 11.0. The molecule has 0 spiro atoms. The molecule has 0 aliphatic carbocycles. The van der Waals surface area contributed by atoms with E-state index in [2.05, 4.69) is 137 Å². The van der Waals surface area contributed by atoms with E-state index in [9.17, 15) is 0 Å². The van der Waals surface area contributed by atoms with Crippen LogP contribution in [0.1, 0.15) is 0 Å². The zero-order valence-electron chi connectivity index (χ0n) is 24.2. The smallest absolute Gasteiger partial charge is 0.333 e. The zero-order chi connectivity index (χ0) is 29.1. The molecule has 4 heterocycles. The molecule has 0 N–H and O–H groups in total. The summed E-state index contributed by atoms with van der Waals surface area (Å²) in [6.45, 7) is 0.0131. The van der Waals surface area contributed by atoms with Crippen molar-refractivity contribution in [2.45, 2.75) is 9.79 Å². The highest BCUT2D eigenvalue weighted by molar-refractivity contribution is 7.98. The van der Waals surface area contributed by atoms with Crippen LogP contribution in [0.3, 0.4) is 0 Å². The highest BCUT2D eigenvalue weighted by Crippen LogP contribution is 2.49. The number of nitrogens with zero attached hydrogens (tertiary/aromatic N) is 2. The Kier molecular flexibility index (Phi) is 5.09. The molecule has 0 saturated carbocycles. The molecule has 6 heteroatoms. The lowest BCUT2D eigenvalue weighted by Crippen LogP contribution is -2.56. The molecule has 0 bridgehead atoms. The first kappa shape index (κ1) is 24.9. The van der Waals surface area contributed by atoms with E-state index in [-0.39, 0.29) is 6.85 Å². The van der Waals surface area contributed by atoms with Crippen LogP contribution in [0.2, 0.25) is 0 Å². The van der Waals surface area contributed by atoms with Crippen LogP contribution >= 0.6 is 23.5 Å². The van der Waals surface area contributed by atoms with Gasteiger partial charge < -0.3 is 13.8 Å². The Labute approximate surface area is 263 Å². The molecule has 0 fully saturated rings. The number of benzene rings is 6. The summed E-state index contributed by atoms with van der Waals surface area (Å²) in [7, 11) is 0. The quantitative estimate of drug-likeness (QED) is 0.149. The van der Waals surface area contributed by atoms with Crippen LogP contribution < -0.4 is 15.8 Å². The van der Waals surface area contributed by atoms with E-state index in [1.165, 1.54) is 75.8 Å². The summed E-state index contributed by atoms with van der Waals surface area (Å²) in [5.74, 6) is 0. The summed E-state index contributed by atoms with van der Waals surface area (Å²) in [5, 5.41) is 4.97. The molecule has 44 heavy (non-hydrogen) atoms. The fraction of sp³-hybridized carbons (Fsp3) is 0.0526. The average Bonchev–Trinajstić information content (AvgIpc) is 3.62. The number of thioether (sulfide) groups is 2. The molecule has 2 aromatic heterocycles. The Balaban J connectivity index is 1.45. The number of fused-ring (bicyclic) bond motifs is 11. The maximum absolute atomic E-state index is 6.67. The van der Waals surface area contributed by atoms with Crippen LogP contribution in [0.25, 0.3) is 54.9 Å². The minimum absolute atomic E-state index is 0.0131. The fourth-order valence-corrected chi connectivity index (χ4v) is 8.65. The Morgan fingerprint density at radius 1 is 0.636 bits per heavy atom. The van der Waals surface area contributed by atoms with E-state index < -0.39 is 0 Å². The topological polar surface area (TPSA) is 21.3 Å². The summed E-state index contributed by atoms with van der Waals surface area (Å²) in [4.78, 5) is 4.99. The molecule has 0 saturated heterocycles. The molecule has 208 valence electrons. The van der Waals surface area contributed by atoms with Crippen LogP contribution in [0.15, 0.2) is 129 Å². The van der Waals surface area contributed by atoms with Gasteiger partial charge in [0, 0.05) is 71.1 Å². The molecule has 8 aromatic rings. The molecule has 0 amide bonds. The predicted octanol–water partition coefficient (Wildman–Crippen LogP) is 9.56. The standard InChI is InChI=1S/C38H25BN2OS2/c1-43-23-16-14-22(15-17-23)40-31-19-18-24(44-2)20-29(31)39-37-32(40)21-34-35(27-9-4-6-13-33(27)42-34)36(37)28-11-7-10-26-25-8-3-5-12-30(25)41(39)38(26)28/h3-21H,1-2H3. The van der Waals surface area contributed by atoms with Crippen LogP contribution in [0.4, 0.5) is 17.1 Å². The highest BCUT2D eigenvalue weighted by atomic mass is 32.2. The van der Waals surface area contributed by atoms with Gasteiger partial charge in [0.2, 0.25) is 0 Å². The minimum Gasteiger partial charge on any atom is -0.456 e. The highest BCUT2D eigenvalue weighted by Gasteiger charge is 2.44. The van der Waals surface area contributed by atoms with Crippen molar-refractivity contribution >= 4 is 102 Å². The van der Waals surface area contributed by atoms with E-state index in [0.29, 0.717) is 0 Å². The number of aromatic nitrogens is 1. The van der Waals surface area contributed by atoms with Gasteiger partial charge in [-0.05, 0) is 83.6 Å². The lowest BCUT2D eigenvalue weighted by atomic mass is 9.45. The summed E-state index contributed by atoms with van der Waals surface area (Å²) < 4.78 is 9.29. The number of furan rings is 1. The average molecular weight is 601 g/mol. The first-order valence-corrected chi connectivity index (χ1v) is 17.3. The molecule has 0 unspecified atom stereocenters. The Bertz CT molecular complexity index is 2490. The molecule has 10 rings (SSSR count). The molecule has 6 aromatic carbocycles. The van der Waals surface area contributed by atoms with Gasteiger partial charge in [0.15, 0.2) is 0 Å². The molecule has 3 nitrogen and oxygen atoms in total. The molecule has 0 radical (unpaired) electrons. The number of anilines is 3. The van der Waals surface area contributed by atoms with E-state index in [1.54, 1.807) is 23.5 Å². The second-order valence-corrected chi connectivity index (χ2v) is 13.4. The first-order chi connectivity index (χ1) is 21.7. The van der Waals surface area contributed by atoms with Gasteiger partial charge in [0.05, 0.1) is 0 Å². The lowest BCUT2D eigenvalue weighted by molar-refractivity contribution is 0.669. The second-order valence-electron chi connectivity index (χ2n) is 11.6. The number of hydrogen-bond donors (Lipinski definition) is 0. The van der Waals surface area contributed by atoms with Crippen LogP contribution in [-0.2, 0) is 0 Å². The van der Waals surface area contributed by atoms with Gasteiger partial charge in [-0.15, -0.1) is 23.5 Å². The minimum atomic E-state index is 0.0131. The van der Waals surface area contributed by atoms with Gasteiger partial charge in [0.25, 0.3) is 0 Å². The lowest BCUT2D eigenvalue weighted by Gasteiger charge is -2.40. The normalized spacial score (nSPS) is 13.3. The first-order valence-electron chi connectivity index (χ1n) is 14.9. The summed E-state index contributed by atoms with van der Waals surface area (Å²) in [6, 6.07) is 42.5. The molecule has 2 aliphatic rings. The van der Waals surface area contributed by atoms with Crippen molar-refractivity contribution in [2.24, 2.45) is 0 Å². The van der Waals surface area contributed by atoms with Gasteiger partial charge in [-0.25, -0.2) is 0 Å². The van der Waals surface area contributed by atoms with Crippen molar-refractivity contribution < 1.29 is 4.42 Å². The van der Waals surface area contributed by atoms with Crippen molar-refractivity contribution in [2.75, 3.05) is 17.4 Å². The Morgan fingerprint density at radius 3 is 2.23 bits per heavy atom. The van der Waals surface area contributed by atoms with Crippen molar-refractivity contribution in [1.82, 2.24) is 4.48 Å². The SMILES string of the molecule is CSc1ccc(N2c3ccc(SC)cc3B3c4c2cc2oc5ccccc5c2c4-c2cccc4c5ccccc5n3c24)cc1. The largest absolute Gasteiger partial charge is 0.456 e. The summed E-state index contributed by atoms with van der Waals surface area (Å²) in [5.41, 5.74) is 13.2. The predicted molar refractivity (Wildman–Crippen MR) is 191 cm³/mol. The summed E-state index contributed by atoms with van der Waals surface area (Å²) >= 11 is 3.58. The fourth-order valence-electron chi connectivity index (χ4n) is 7.80. The maximum Gasteiger partial charge on any atom is 0.333 e. The van der Waals surface area contributed by atoms with E-state index in [0.717, 1.165) is 16.9 Å². The molecule has 2 aliphatic heterocycles. The summed E-state index contributed by atoms with van der Waals surface area (Å²) in [6.07, 6.45) is 4.30.